The molecule has 0 saturated carbocycles. The van der Waals surface area contributed by atoms with Crippen LogP contribution in [0.5, 0.6) is 0 Å². The number of nitrogens with zero attached hydrogens (tertiary/aromatic N) is 1. The van der Waals surface area contributed by atoms with Gasteiger partial charge in [0.25, 0.3) is 0 Å². The van der Waals surface area contributed by atoms with Crippen LogP contribution in [-0.4, -0.2) is 18.5 Å². The molecule has 0 aliphatic carbocycles. The van der Waals surface area contributed by atoms with Crippen LogP contribution in [-0.2, 0) is 4.79 Å². The lowest BCUT2D eigenvalue weighted by Crippen LogP contribution is -2.39. The zero-order chi connectivity index (χ0) is 12.3. The summed E-state index contributed by atoms with van der Waals surface area (Å²) in [6, 6.07) is 5.74. The number of rotatable bonds is 4. The largest absolute Gasteiger partial charge is 0.397 e. The number of primary amides is 1. The number of nitrogen functional groups attached to an aromatic ring is 1. The molecule has 1 aromatic rings. The van der Waals surface area contributed by atoms with Crippen molar-refractivity contribution in [2.75, 3.05) is 17.2 Å². The van der Waals surface area contributed by atoms with Crippen molar-refractivity contribution in [3.8, 4) is 0 Å². The molecule has 0 atom stereocenters. The molecule has 0 fully saturated rings. The van der Waals surface area contributed by atoms with Gasteiger partial charge in [-0.2, -0.15) is 0 Å². The molecule has 5 heteroatoms. The number of amides is 1. The highest BCUT2D eigenvalue weighted by atomic mass is 79.9. The van der Waals surface area contributed by atoms with E-state index in [0.29, 0.717) is 5.69 Å². The van der Waals surface area contributed by atoms with E-state index in [9.17, 15) is 4.79 Å². The van der Waals surface area contributed by atoms with Gasteiger partial charge < -0.3 is 16.4 Å². The molecule has 0 saturated heterocycles. The van der Waals surface area contributed by atoms with E-state index in [1.807, 2.05) is 36.9 Å². The van der Waals surface area contributed by atoms with Crippen LogP contribution in [0, 0.1) is 0 Å². The van der Waals surface area contributed by atoms with Gasteiger partial charge in [-0.15, -0.1) is 0 Å². The Morgan fingerprint density at radius 2 is 2.12 bits per heavy atom. The van der Waals surface area contributed by atoms with Gasteiger partial charge in [-0.3, -0.25) is 4.79 Å². The molecule has 0 aromatic heterocycles. The van der Waals surface area contributed by atoms with Gasteiger partial charge in [0.1, 0.15) is 0 Å². The van der Waals surface area contributed by atoms with Crippen LogP contribution < -0.4 is 16.4 Å². The van der Waals surface area contributed by atoms with Crippen molar-refractivity contribution >= 4 is 33.2 Å². The molecule has 0 heterocycles. The Hall–Kier alpha value is -1.23. The van der Waals surface area contributed by atoms with E-state index in [1.165, 1.54) is 0 Å². The lowest BCUT2D eigenvalue weighted by atomic mass is 10.2. The Morgan fingerprint density at radius 1 is 1.50 bits per heavy atom. The third kappa shape index (κ3) is 3.13. The van der Waals surface area contributed by atoms with Crippen LogP contribution >= 0.6 is 15.9 Å². The number of carbonyl (C=O) groups excluding carboxylic acids is 1. The van der Waals surface area contributed by atoms with Crippen LogP contribution in [0.3, 0.4) is 0 Å². The fraction of sp³-hybridized carbons (Fsp3) is 0.364. The van der Waals surface area contributed by atoms with E-state index < -0.39 is 0 Å². The second-order valence-electron chi connectivity index (χ2n) is 3.89. The highest BCUT2D eigenvalue weighted by molar-refractivity contribution is 9.10. The minimum Gasteiger partial charge on any atom is -0.397 e. The first-order valence-corrected chi connectivity index (χ1v) is 5.81. The first-order chi connectivity index (χ1) is 7.41. The predicted octanol–water partition coefficient (Wildman–Crippen LogP) is 1.73. The van der Waals surface area contributed by atoms with Crippen LogP contribution in [0.15, 0.2) is 22.7 Å². The van der Waals surface area contributed by atoms with Gasteiger partial charge in [0, 0.05) is 10.5 Å². The molecule has 1 amide bonds. The van der Waals surface area contributed by atoms with E-state index in [4.69, 9.17) is 11.5 Å². The average molecular weight is 286 g/mol. The molecule has 0 aliphatic rings. The summed E-state index contributed by atoms with van der Waals surface area (Å²) < 4.78 is 0.913. The summed E-state index contributed by atoms with van der Waals surface area (Å²) in [7, 11) is 0. The minimum absolute atomic E-state index is 0.163. The lowest BCUT2D eigenvalue weighted by molar-refractivity contribution is -0.116. The number of halogens is 1. The van der Waals surface area contributed by atoms with Crippen molar-refractivity contribution < 1.29 is 4.79 Å². The third-order valence-electron chi connectivity index (χ3n) is 2.25. The summed E-state index contributed by atoms with van der Waals surface area (Å²) in [5.74, 6) is -0.365. The predicted molar refractivity (Wildman–Crippen MR) is 70.2 cm³/mol. The smallest absolute Gasteiger partial charge is 0.236 e. The Morgan fingerprint density at radius 3 is 2.56 bits per heavy atom. The normalized spacial score (nSPS) is 10.5. The third-order valence-corrected chi connectivity index (χ3v) is 2.74. The van der Waals surface area contributed by atoms with Gasteiger partial charge in [-0.1, -0.05) is 15.9 Å². The van der Waals surface area contributed by atoms with Gasteiger partial charge in [0.2, 0.25) is 5.91 Å². The Kier molecular flexibility index (Phi) is 4.18. The van der Waals surface area contributed by atoms with E-state index in [1.54, 1.807) is 0 Å². The standard InChI is InChI=1S/C11H16BrN3O/c1-7(2)15(6-11(14)16)10-4-3-8(12)5-9(10)13/h3-5,7H,6,13H2,1-2H3,(H2,14,16). The fourth-order valence-electron chi connectivity index (χ4n) is 1.50. The van der Waals surface area contributed by atoms with Crippen molar-refractivity contribution in [2.45, 2.75) is 19.9 Å². The monoisotopic (exact) mass is 285 g/mol. The first kappa shape index (κ1) is 12.8. The number of hydrogen-bond donors (Lipinski definition) is 2. The summed E-state index contributed by atoms with van der Waals surface area (Å²) in [6.07, 6.45) is 0. The SMILES string of the molecule is CC(C)N(CC(N)=O)c1ccc(Br)cc1N. The molecule has 0 unspecified atom stereocenters. The van der Waals surface area contributed by atoms with E-state index >= 15 is 0 Å². The summed E-state index contributed by atoms with van der Waals surface area (Å²) in [5, 5.41) is 0. The minimum atomic E-state index is -0.365. The average Bonchev–Trinajstić information content (AvgIpc) is 2.14. The van der Waals surface area contributed by atoms with Crippen LogP contribution in [0.25, 0.3) is 0 Å². The van der Waals surface area contributed by atoms with Gasteiger partial charge in [0.15, 0.2) is 0 Å². The zero-order valence-corrected chi connectivity index (χ0v) is 11.0. The van der Waals surface area contributed by atoms with E-state index in [0.717, 1.165) is 10.2 Å². The topological polar surface area (TPSA) is 72.3 Å². The molecule has 88 valence electrons. The Balaban J connectivity index is 3.05. The van der Waals surface area contributed by atoms with Crippen LogP contribution in [0.4, 0.5) is 11.4 Å². The first-order valence-electron chi connectivity index (χ1n) is 5.01. The molecule has 0 bridgehead atoms. The van der Waals surface area contributed by atoms with Gasteiger partial charge >= 0.3 is 0 Å². The maximum Gasteiger partial charge on any atom is 0.236 e. The molecule has 4 nitrogen and oxygen atoms in total. The molecule has 16 heavy (non-hydrogen) atoms. The highest BCUT2D eigenvalue weighted by Gasteiger charge is 2.15. The molecular weight excluding hydrogens is 270 g/mol. The molecule has 4 N–H and O–H groups in total. The number of hydrogen-bond acceptors (Lipinski definition) is 3. The highest BCUT2D eigenvalue weighted by Crippen LogP contribution is 2.27. The van der Waals surface area contributed by atoms with Crippen molar-refractivity contribution in [2.24, 2.45) is 5.73 Å². The summed E-state index contributed by atoms with van der Waals surface area (Å²) in [6.45, 7) is 4.15. The quantitative estimate of drug-likeness (QED) is 0.828. The number of anilines is 2. The van der Waals surface area contributed by atoms with Gasteiger partial charge in [0.05, 0.1) is 17.9 Å². The summed E-state index contributed by atoms with van der Waals surface area (Å²) in [5.41, 5.74) is 12.6. The second-order valence-corrected chi connectivity index (χ2v) is 4.81. The summed E-state index contributed by atoms with van der Waals surface area (Å²) >= 11 is 3.34. The van der Waals surface area contributed by atoms with E-state index in [-0.39, 0.29) is 18.5 Å². The Bertz CT molecular complexity index is 393. The fourth-order valence-corrected chi connectivity index (χ4v) is 1.88. The maximum atomic E-state index is 11.0. The van der Waals surface area contributed by atoms with Crippen LogP contribution in [0.1, 0.15) is 13.8 Å². The number of benzene rings is 1. The molecule has 0 aliphatic heterocycles. The Labute approximate surface area is 104 Å². The van der Waals surface area contributed by atoms with Crippen LogP contribution in [0.2, 0.25) is 0 Å². The summed E-state index contributed by atoms with van der Waals surface area (Å²) in [4.78, 5) is 12.9. The van der Waals surface area contributed by atoms with Crippen molar-refractivity contribution in [1.82, 2.24) is 0 Å². The van der Waals surface area contributed by atoms with Gasteiger partial charge in [-0.05, 0) is 32.0 Å². The van der Waals surface area contributed by atoms with Crippen molar-refractivity contribution in [1.29, 1.82) is 0 Å². The molecule has 0 spiro atoms. The van der Waals surface area contributed by atoms with Crippen molar-refractivity contribution in [3.63, 3.8) is 0 Å². The van der Waals surface area contributed by atoms with Gasteiger partial charge in [-0.25, -0.2) is 0 Å². The lowest BCUT2D eigenvalue weighted by Gasteiger charge is -2.28. The molecule has 1 rings (SSSR count). The maximum absolute atomic E-state index is 11.0. The zero-order valence-electron chi connectivity index (χ0n) is 9.40. The number of carbonyl (C=O) groups is 1. The molecule has 1 aromatic carbocycles. The van der Waals surface area contributed by atoms with Crippen molar-refractivity contribution in [3.05, 3.63) is 22.7 Å². The van der Waals surface area contributed by atoms with E-state index in [2.05, 4.69) is 15.9 Å². The molecular formula is C11H16BrN3O. The second kappa shape index (κ2) is 5.21. The number of nitrogens with two attached hydrogens (primary N) is 2. The molecule has 0 radical (unpaired) electrons.